The Kier molecular flexibility index (Phi) is 2.16. The Hall–Kier alpha value is -0.570. The van der Waals surface area contributed by atoms with Gasteiger partial charge in [-0.2, -0.15) is 0 Å². The van der Waals surface area contributed by atoms with Gasteiger partial charge in [0.1, 0.15) is 0 Å². The van der Waals surface area contributed by atoms with E-state index in [1.165, 1.54) is 7.11 Å². The normalized spacial score (nSPS) is 29.9. The van der Waals surface area contributed by atoms with Gasteiger partial charge in [-0.15, -0.1) is 0 Å². The van der Waals surface area contributed by atoms with E-state index in [-0.39, 0.29) is 11.4 Å². The van der Waals surface area contributed by atoms with E-state index in [0.29, 0.717) is 0 Å². The Labute approximate surface area is 90.8 Å². The van der Waals surface area contributed by atoms with Crippen LogP contribution in [0.3, 0.4) is 0 Å². The van der Waals surface area contributed by atoms with Gasteiger partial charge in [0.2, 0.25) is 0 Å². The summed E-state index contributed by atoms with van der Waals surface area (Å²) < 4.78 is 4.87. The van der Waals surface area contributed by atoms with Crippen molar-refractivity contribution in [3.63, 3.8) is 0 Å². The van der Waals surface area contributed by atoms with Crippen LogP contribution in [-0.4, -0.2) is 23.8 Å². The minimum Gasteiger partial charge on any atom is -0.469 e. The van der Waals surface area contributed by atoms with E-state index >= 15 is 0 Å². The molecule has 1 N–H and O–H groups in total. The van der Waals surface area contributed by atoms with Crippen LogP contribution in [0.2, 0.25) is 0 Å². The molecule has 0 atom stereocenters. The van der Waals surface area contributed by atoms with Crippen molar-refractivity contribution in [3.05, 3.63) is 0 Å². The van der Waals surface area contributed by atoms with E-state index in [0.717, 1.165) is 32.1 Å². The van der Waals surface area contributed by atoms with Gasteiger partial charge in [-0.3, -0.25) is 4.79 Å². The number of hydrogen-bond donors (Lipinski definition) is 1. The van der Waals surface area contributed by atoms with Crippen molar-refractivity contribution in [2.75, 3.05) is 7.11 Å². The third-order valence-electron chi connectivity index (χ3n) is 4.21. The number of ether oxygens (including phenoxy) is 1. The van der Waals surface area contributed by atoms with Crippen LogP contribution in [0.15, 0.2) is 0 Å². The number of methoxy groups -OCH3 is 1. The Morgan fingerprint density at radius 2 is 1.80 bits per heavy atom. The number of rotatable bonds is 2. The summed E-state index contributed by atoms with van der Waals surface area (Å²) in [7, 11) is 1.41. The molecule has 0 aromatic carbocycles. The molecule has 2 saturated carbocycles. The second-order valence-electron chi connectivity index (χ2n) is 5.98. The van der Waals surface area contributed by atoms with Gasteiger partial charge in [-0.25, -0.2) is 0 Å². The van der Waals surface area contributed by atoms with Crippen molar-refractivity contribution < 1.29 is 14.6 Å². The van der Waals surface area contributed by atoms with E-state index in [9.17, 15) is 9.90 Å². The highest BCUT2D eigenvalue weighted by Crippen LogP contribution is 2.64. The van der Waals surface area contributed by atoms with Crippen LogP contribution < -0.4 is 0 Å². The van der Waals surface area contributed by atoms with Gasteiger partial charge in [-0.05, 0) is 37.5 Å². The van der Waals surface area contributed by atoms with Crippen molar-refractivity contribution in [1.29, 1.82) is 0 Å². The molecule has 0 saturated heterocycles. The molecule has 0 aromatic rings. The molecule has 2 rings (SSSR count). The van der Waals surface area contributed by atoms with Crippen molar-refractivity contribution in [2.45, 2.75) is 51.6 Å². The van der Waals surface area contributed by atoms with E-state index in [2.05, 4.69) is 13.8 Å². The molecule has 0 spiro atoms. The fourth-order valence-electron chi connectivity index (χ4n) is 3.43. The highest BCUT2D eigenvalue weighted by molar-refractivity contribution is 5.80. The maximum Gasteiger partial charge on any atom is 0.314 e. The van der Waals surface area contributed by atoms with Gasteiger partial charge in [0.05, 0.1) is 18.1 Å². The molecular formula is C12H20O3. The molecule has 3 nitrogen and oxygen atoms in total. The lowest BCUT2D eigenvalue weighted by molar-refractivity contribution is -0.228. The quantitative estimate of drug-likeness (QED) is 0.711. The summed E-state index contributed by atoms with van der Waals surface area (Å²) in [5, 5.41) is 10.4. The zero-order valence-electron chi connectivity index (χ0n) is 9.80. The van der Waals surface area contributed by atoms with Crippen LogP contribution in [0.1, 0.15) is 46.0 Å². The average Bonchev–Trinajstić information content (AvgIpc) is 2.08. The van der Waals surface area contributed by atoms with E-state index in [1.807, 2.05) is 0 Å². The number of hydrogen-bond acceptors (Lipinski definition) is 3. The molecule has 2 aliphatic rings. The van der Waals surface area contributed by atoms with Crippen molar-refractivity contribution in [2.24, 2.45) is 10.8 Å². The zero-order chi connectivity index (χ0) is 11.3. The second kappa shape index (κ2) is 2.97. The van der Waals surface area contributed by atoms with Gasteiger partial charge in [0, 0.05) is 0 Å². The molecule has 0 amide bonds. The summed E-state index contributed by atoms with van der Waals surface area (Å²) in [6.07, 6.45) is 4.03. The molecule has 2 fully saturated rings. The van der Waals surface area contributed by atoms with Crippen LogP contribution in [0, 0.1) is 10.8 Å². The molecule has 0 aliphatic heterocycles. The first-order valence-corrected chi connectivity index (χ1v) is 5.66. The minimum atomic E-state index is -0.782. The zero-order valence-corrected chi connectivity index (χ0v) is 9.80. The molecule has 0 bridgehead atoms. The van der Waals surface area contributed by atoms with E-state index in [4.69, 9.17) is 4.74 Å². The number of carbonyl (C=O) groups excluding carboxylic acids is 1. The monoisotopic (exact) mass is 212 g/mol. The summed E-state index contributed by atoms with van der Waals surface area (Å²) in [5.41, 5.74) is -1.22. The topological polar surface area (TPSA) is 46.5 Å². The van der Waals surface area contributed by atoms with Crippen molar-refractivity contribution >= 4 is 5.97 Å². The van der Waals surface area contributed by atoms with Crippen LogP contribution >= 0.6 is 0 Å². The molecule has 0 heterocycles. The maximum atomic E-state index is 11.9. The lowest BCUT2D eigenvalue weighted by atomic mass is 9.44. The Bertz CT molecular complexity index is 281. The summed E-state index contributed by atoms with van der Waals surface area (Å²) in [6, 6.07) is 0. The predicted octanol–water partition coefficient (Wildman–Crippen LogP) is 1.88. The predicted molar refractivity (Wildman–Crippen MR) is 56.3 cm³/mol. The van der Waals surface area contributed by atoms with Crippen molar-refractivity contribution in [1.82, 2.24) is 0 Å². The van der Waals surface area contributed by atoms with Gasteiger partial charge >= 0.3 is 5.97 Å². The SMILES string of the molecule is COC(=O)C1(C2(O)CCC2)CC(C)(C)C1. The first-order valence-electron chi connectivity index (χ1n) is 5.66. The molecular weight excluding hydrogens is 192 g/mol. The first-order chi connectivity index (χ1) is 6.85. The lowest BCUT2D eigenvalue weighted by Gasteiger charge is -2.61. The summed E-state index contributed by atoms with van der Waals surface area (Å²) in [6.45, 7) is 4.27. The standard InChI is InChI=1S/C12H20O3/c1-10(2)7-11(8-10,9(13)15-3)12(14)5-4-6-12/h14H,4-8H2,1-3H3. The molecule has 0 unspecified atom stereocenters. The smallest absolute Gasteiger partial charge is 0.314 e. The van der Waals surface area contributed by atoms with Crippen LogP contribution in [0.4, 0.5) is 0 Å². The number of aliphatic hydroxyl groups is 1. The fraction of sp³-hybridized carbons (Fsp3) is 0.917. The van der Waals surface area contributed by atoms with Gasteiger partial charge < -0.3 is 9.84 Å². The Balaban J connectivity index is 2.23. The summed E-state index contributed by atoms with van der Waals surface area (Å²) >= 11 is 0. The molecule has 0 aromatic heterocycles. The van der Waals surface area contributed by atoms with Crippen LogP contribution in [0.25, 0.3) is 0 Å². The summed E-state index contributed by atoms with van der Waals surface area (Å²) in [5.74, 6) is -0.218. The maximum absolute atomic E-state index is 11.9. The molecule has 3 heteroatoms. The Morgan fingerprint density at radius 1 is 1.27 bits per heavy atom. The fourth-order valence-corrected chi connectivity index (χ4v) is 3.43. The third kappa shape index (κ3) is 1.32. The van der Waals surface area contributed by atoms with Gasteiger partial charge in [-0.1, -0.05) is 13.8 Å². The number of carbonyl (C=O) groups is 1. The van der Waals surface area contributed by atoms with E-state index < -0.39 is 11.0 Å². The van der Waals surface area contributed by atoms with Crippen LogP contribution in [0.5, 0.6) is 0 Å². The molecule has 86 valence electrons. The second-order valence-corrected chi connectivity index (χ2v) is 5.98. The third-order valence-corrected chi connectivity index (χ3v) is 4.21. The molecule has 0 radical (unpaired) electrons. The van der Waals surface area contributed by atoms with Crippen LogP contribution in [-0.2, 0) is 9.53 Å². The Morgan fingerprint density at radius 3 is 2.07 bits per heavy atom. The summed E-state index contributed by atoms with van der Waals surface area (Å²) in [4.78, 5) is 11.9. The van der Waals surface area contributed by atoms with Gasteiger partial charge in [0.25, 0.3) is 0 Å². The largest absolute Gasteiger partial charge is 0.469 e. The highest BCUT2D eigenvalue weighted by Gasteiger charge is 2.67. The average molecular weight is 212 g/mol. The molecule has 15 heavy (non-hydrogen) atoms. The van der Waals surface area contributed by atoms with Crippen molar-refractivity contribution in [3.8, 4) is 0 Å². The number of esters is 1. The van der Waals surface area contributed by atoms with E-state index in [1.54, 1.807) is 0 Å². The van der Waals surface area contributed by atoms with Gasteiger partial charge in [0.15, 0.2) is 0 Å². The lowest BCUT2D eigenvalue weighted by Crippen LogP contribution is -2.65. The highest BCUT2D eigenvalue weighted by atomic mass is 16.5. The molecule has 2 aliphatic carbocycles. The minimum absolute atomic E-state index is 0.166. The first kappa shape index (κ1) is 10.9.